The number of aliphatic hydroxyl groups excluding tert-OH is 1. The van der Waals surface area contributed by atoms with Gasteiger partial charge in [0.05, 0.1) is 6.61 Å². The van der Waals surface area contributed by atoms with Crippen molar-refractivity contribution in [2.24, 2.45) is 11.1 Å². The van der Waals surface area contributed by atoms with Crippen molar-refractivity contribution in [1.82, 2.24) is 5.32 Å². The second-order valence-electron chi connectivity index (χ2n) is 6.24. The van der Waals surface area contributed by atoms with Crippen LogP contribution in [0.15, 0.2) is 0 Å². The third-order valence-electron chi connectivity index (χ3n) is 4.86. The van der Waals surface area contributed by atoms with Gasteiger partial charge in [0.15, 0.2) is 0 Å². The summed E-state index contributed by atoms with van der Waals surface area (Å²) < 4.78 is 0. The molecule has 1 rings (SSSR count). The Morgan fingerprint density at radius 2 is 1.84 bits per heavy atom. The van der Waals surface area contributed by atoms with Crippen molar-refractivity contribution >= 4 is 5.91 Å². The molecule has 19 heavy (non-hydrogen) atoms. The predicted octanol–water partition coefficient (Wildman–Crippen LogP) is 1.95. The molecule has 112 valence electrons. The zero-order chi connectivity index (χ0) is 14.4. The van der Waals surface area contributed by atoms with E-state index in [1.165, 1.54) is 6.42 Å². The maximum atomic E-state index is 12.0. The molecule has 4 N–H and O–H groups in total. The second kappa shape index (κ2) is 7.25. The van der Waals surface area contributed by atoms with Gasteiger partial charge in [0.25, 0.3) is 0 Å². The Bertz CT molecular complexity index is 274. The SMILES string of the molecule is CCC(CC)(CO)CNC(=O)CC1(N)CCCCC1. The lowest BCUT2D eigenvalue weighted by Gasteiger charge is -2.34. The molecule has 0 heterocycles. The smallest absolute Gasteiger partial charge is 0.221 e. The van der Waals surface area contributed by atoms with Crippen LogP contribution in [0.1, 0.15) is 65.2 Å². The molecule has 0 saturated heterocycles. The fourth-order valence-electron chi connectivity index (χ4n) is 2.88. The number of carbonyl (C=O) groups is 1. The first-order valence-corrected chi connectivity index (χ1v) is 7.66. The fraction of sp³-hybridized carbons (Fsp3) is 0.933. The van der Waals surface area contributed by atoms with Crippen molar-refractivity contribution in [3.05, 3.63) is 0 Å². The summed E-state index contributed by atoms with van der Waals surface area (Å²) in [5.41, 5.74) is 5.81. The van der Waals surface area contributed by atoms with E-state index < -0.39 is 0 Å². The number of rotatable bonds is 7. The lowest BCUT2D eigenvalue weighted by molar-refractivity contribution is -0.123. The van der Waals surface area contributed by atoms with E-state index in [9.17, 15) is 9.90 Å². The summed E-state index contributed by atoms with van der Waals surface area (Å²) >= 11 is 0. The van der Waals surface area contributed by atoms with Gasteiger partial charge in [-0.2, -0.15) is 0 Å². The Morgan fingerprint density at radius 3 is 2.32 bits per heavy atom. The molecule has 4 heteroatoms. The van der Waals surface area contributed by atoms with Crippen molar-refractivity contribution in [3.63, 3.8) is 0 Å². The molecule has 0 aliphatic heterocycles. The Morgan fingerprint density at radius 1 is 1.26 bits per heavy atom. The monoisotopic (exact) mass is 270 g/mol. The average Bonchev–Trinajstić information content (AvgIpc) is 2.41. The first-order chi connectivity index (χ1) is 8.99. The van der Waals surface area contributed by atoms with E-state index >= 15 is 0 Å². The topological polar surface area (TPSA) is 75.3 Å². The standard InChI is InChI=1S/C15H30N2O2/c1-3-14(4-2,12-18)11-17-13(19)10-15(16)8-6-5-7-9-15/h18H,3-12,16H2,1-2H3,(H,17,19). The van der Waals surface area contributed by atoms with Gasteiger partial charge in [0, 0.05) is 23.9 Å². The van der Waals surface area contributed by atoms with Crippen LogP contribution >= 0.6 is 0 Å². The Labute approximate surface area is 117 Å². The fourth-order valence-corrected chi connectivity index (χ4v) is 2.88. The molecule has 1 aliphatic carbocycles. The van der Waals surface area contributed by atoms with Crippen LogP contribution < -0.4 is 11.1 Å². The summed E-state index contributed by atoms with van der Waals surface area (Å²) in [4.78, 5) is 12.0. The molecule has 1 saturated carbocycles. The minimum absolute atomic E-state index is 0.0316. The van der Waals surface area contributed by atoms with Gasteiger partial charge in [-0.25, -0.2) is 0 Å². The van der Waals surface area contributed by atoms with Gasteiger partial charge in [0.1, 0.15) is 0 Å². The number of nitrogens with two attached hydrogens (primary N) is 1. The molecule has 0 aromatic carbocycles. The van der Waals surface area contributed by atoms with Crippen LogP contribution in [0.5, 0.6) is 0 Å². The average molecular weight is 270 g/mol. The van der Waals surface area contributed by atoms with E-state index in [-0.39, 0.29) is 23.5 Å². The van der Waals surface area contributed by atoms with Crippen LogP contribution in [0, 0.1) is 5.41 Å². The van der Waals surface area contributed by atoms with Crippen LogP contribution in [-0.2, 0) is 4.79 Å². The van der Waals surface area contributed by atoms with Crippen LogP contribution in [0.4, 0.5) is 0 Å². The van der Waals surface area contributed by atoms with Crippen LogP contribution in [0.25, 0.3) is 0 Å². The summed E-state index contributed by atoms with van der Waals surface area (Å²) in [5.74, 6) is 0.0316. The van der Waals surface area contributed by atoms with Gasteiger partial charge in [-0.1, -0.05) is 33.1 Å². The molecular formula is C15H30N2O2. The molecule has 4 nitrogen and oxygen atoms in total. The number of hydrogen-bond acceptors (Lipinski definition) is 3. The highest BCUT2D eigenvalue weighted by Crippen LogP contribution is 2.29. The van der Waals surface area contributed by atoms with Crippen molar-refractivity contribution in [1.29, 1.82) is 0 Å². The summed E-state index contributed by atoms with van der Waals surface area (Å²) in [5, 5.41) is 12.5. The zero-order valence-electron chi connectivity index (χ0n) is 12.5. The van der Waals surface area contributed by atoms with Crippen molar-refractivity contribution in [3.8, 4) is 0 Å². The van der Waals surface area contributed by atoms with Gasteiger partial charge in [-0.15, -0.1) is 0 Å². The predicted molar refractivity (Wildman–Crippen MR) is 77.7 cm³/mol. The number of hydrogen-bond donors (Lipinski definition) is 3. The molecule has 1 amide bonds. The zero-order valence-corrected chi connectivity index (χ0v) is 12.5. The Kier molecular flexibility index (Phi) is 6.27. The van der Waals surface area contributed by atoms with Gasteiger partial charge >= 0.3 is 0 Å². The molecule has 1 aliphatic rings. The minimum Gasteiger partial charge on any atom is -0.396 e. The lowest BCUT2D eigenvalue weighted by atomic mass is 9.79. The maximum absolute atomic E-state index is 12.0. The molecule has 0 spiro atoms. The third-order valence-corrected chi connectivity index (χ3v) is 4.86. The number of amides is 1. The van der Waals surface area contributed by atoms with Crippen LogP contribution in [0.2, 0.25) is 0 Å². The van der Waals surface area contributed by atoms with Crippen molar-refractivity contribution in [2.75, 3.05) is 13.2 Å². The minimum atomic E-state index is -0.303. The molecule has 0 radical (unpaired) electrons. The molecule has 0 aromatic rings. The van der Waals surface area contributed by atoms with E-state index in [1.807, 2.05) is 0 Å². The van der Waals surface area contributed by atoms with E-state index in [1.54, 1.807) is 0 Å². The van der Waals surface area contributed by atoms with Crippen LogP contribution in [-0.4, -0.2) is 29.7 Å². The van der Waals surface area contributed by atoms with E-state index in [4.69, 9.17) is 5.73 Å². The maximum Gasteiger partial charge on any atom is 0.221 e. The largest absolute Gasteiger partial charge is 0.396 e. The highest BCUT2D eigenvalue weighted by molar-refractivity contribution is 5.77. The quantitative estimate of drug-likeness (QED) is 0.662. The van der Waals surface area contributed by atoms with Crippen molar-refractivity contribution < 1.29 is 9.90 Å². The van der Waals surface area contributed by atoms with Gasteiger partial charge in [-0.05, 0) is 25.7 Å². The number of nitrogens with one attached hydrogen (secondary N) is 1. The van der Waals surface area contributed by atoms with Gasteiger partial charge in [0.2, 0.25) is 5.91 Å². The first kappa shape index (κ1) is 16.4. The number of aliphatic hydroxyl groups is 1. The number of carbonyl (C=O) groups excluding carboxylic acids is 1. The molecule has 0 bridgehead atoms. The third kappa shape index (κ3) is 4.77. The highest BCUT2D eigenvalue weighted by atomic mass is 16.3. The summed E-state index contributed by atoms with van der Waals surface area (Å²) in [6.45, 7) is 4.77. The second-order valence-corrected chi connectivity index (χ2v) is 6.24. The lowest BCUT2D eigenvalue weighted by Crippen LogP contribution is -2.47. The highest BCUT2D eigenvalue weighted by Gasteiger charge is 2.31. The molecule has 0 atom stereocenters. The molecule has 0 unspecified atom stereocenters. The van der Waals surface area contributed by atoms with E-state index in [0.717, 1.165) is 38.5 Å². The van der Waals surface area contributed by atoms with Crippen molar-refractivity contribution in [2.45, 2.75) is 70.8 Å². The first-order valence-electron chi connectivity index (χ1n) is 7.66. The van der Waals surface area contributed by atoms with Gasteiger partial charge < -0.3 is 16.2 Å². The summed E-state index contributed by atoms with van der Waals surface area (Å²) in [6, 6.07) is 0. The van der Waals surface area contributed by atoms with E-state index in [0.29, 0.717) is 13.0 Å². The van der Waals surface area contributed by atoms with E-state index in [2.05, 4.69) is 19.2 Å². The van der Waals surface area contributed by atoms with Crippen LogP contribution in [0.3, 0.4) is 0 Å². The molecule has 1 fully saturated rings. The molecule has 0 aromatic heterocycles. The summed E-state index contributed by atoms with van der Waals surface area (Å²) in [7, 11) is 0. The summed E-state index contributed by atoms with van der Waals surface area (Å²) in [6.07, 6.45) is 7.56. The molecular weight excluding hydrogens is 240 g/mol. The Hall–Kier alpha value is -0.610. The Balaban J connectivity index is 2.42. The van der Waals surface area contributed by atoms with Gasteiger partial charge in [-0.3, -0.25) is 4.79 Å². The normalized spacial score (nSPS) is 19.2.